The van der Waals surface area contributed by atoms with Crippen molar-refractivity contribution in [3.8, 4) is 39.4 Å². The van der Waals surface area contributed by atoms with Crippen LogP contribution >= 0.6 is 0 Å². The van der Waals surface area contributed by atoms with Gasteiger partial charge in [0, 0.05) is 12.1 Å². The van der Waals surface area contributed by atoms with Crippen LogP contribution in [0.4, 0.5) is 0 Å². The fraction of sp³-hybridized carbons (Fsp3) is 0.119. The molecule has 4 nitrogen and oxygen atoms in total. The number of esters is 1. The van der Waals surface area contributed by atoms with E-state index in [0.29, 0.717) is 0 Å². The van der Waals surface area contributed by atoms with Crippen LogP contribution < -0.4 is 0 Å². The predicted molar refractivity (Wildman–Crippen MR) is 184 cm³/mol. The van der Waals surface area contributed by atoms with Gasteiger partial charge in [-0.05, 0) is 93.6 Å². The Hall–Kier alpha value is -5.79. The third-order valence-corrected chi connectivity index (χ3v) is 8.54. The summed E-state index contributed by atoms with van der Waals surface area (Å²) in [6, 6.07) is 46.1. The van der Waals surface area contributed by atoms with E-state index in [1.165, 1.54) is 44.5 Å². The highest BCUT2D eigenvalue weighted by molar-refractivity contribution is 5.98. The van der Waals surface area contributed by atoms with Gasteiger partial charge in [0.05, 0.1) is 0 Å². The van der Waals surface area contributed by atoms with Crippen molar-refractivity contribution in [2.45, 2.75) is 26.7 Å². The lowest BCUT2D eigenvalue weighted by molar-refractivity contribution is 0.0548. The molecule has 4 heteroatoms. The first kappa shape index (κ1) is 30.2. The first-order valence-corrected chi connectivity index (χ1v) is 15.4. The summed E-state index contributed by atoms with van der Waals surface area (Å²) >= 11 is 0. The van der Waals surface area contributed by atoms with Gasteiger partial charge in [-0.2, -0.15) is 5.26 Å². The number of nitriles is 1. The molecule has 0 aliphatic rings. The molecule has 0 aliphatic carbocycles. The Morgan fingerprint density at radius 2 is 1.20 bits per heavy atom. The maximum Gasteiger partial charge on any atom is 0.357 e. The second-order valence-electron chi connectivity index (χ2n) is 11.5. The number of ether oxygens (including phenoxy) is 1. The molecule has 0 fully saturated rings. The topological polar surface area (TPSA) is 63.0 Å². The summed E-state index contributed by atoms with van der Waals surface area (Å²) in [5, 5.41) is 8.85. The maximum absolute atomic E-state index is 12.5. The number of carbonyl (C=O) groups excluding carboxylic acids is 1. The molecule has 0 saturated carbocycles. The van der Waals surface area contributed by atoms with Gasteiger partial charge < -0.3 is 4.74 Å². The second kappa shape index (κ2) is 13.5. The van der Waals surface area contributed by atoms with Crippen LogP contribution in [0.3, 0.4) is 0 Å². The van der Waals surface area contributed by atoms with Crippen molar-refractivity contribution < 1.29 is 9.53 Å². The van der Waals surface area contributed by atoms with Crippen LogP contribution in [0.25, 0.3) is 33.4 Å². The lowest BCUT2D eigenvalue weighted by atomic mass is 9.76. The van der Waals surface area contributed by atoms with Gasteiger partial charge in [0.2, 0.25) is 0 Å². The van der Waals surface area contributed by atoms with Crippen LogP contribution in [0, 0.1) is 32.1 Å². The van der Waals surface area contributed by atoms with E-state index >= 15 is 0 Å². The van der Waals surface area contributed by atoms with Gasteiger partial charge in [-0.15, -0.1) is 0 Å². The van der Waals surface area contributed by atoms with E-state index in [2.05, 4.69) is 135 Å². The number of rotatable bonds is 8. The molecular weight excluding hydrogens is 564 g/mol. The standard InChI is InChI=1S/C42H34N2O2/c1-28-13-7-10-18-33(28)36-22-23-37(41(35-20-12-9-15-30(35)3)40(36)34-19-11-8-14-29(34)2)39(31-16-5-4-6-17-31)32-21-24-38(44-27-32)42(45)46-26-25-43/h4-24,27,39H,26H2,1-3H3. The van der Waals surface area contributed by atoms with E-state index in [4.69, 9.17) is 10.00 Å². The van der Waals surface area contributed by atoms with Gasteiger partial charge in [-0.1, -0.05) is 121 Å². The molecular formula is C42H34N2O2. The summed E-state index contributed by atoms with van der Waals surface area (Å²) < 4.78 is 5.02. The summed E-state index contributed by atoms with van der Waals surface area (Å²) in [7, 11) is 0. The van der Waals surface area contributed by atoms with E-state index in [-0.39, 0.29) is 18.2 Å². The molecule has 0 bridgehead atoms. The van der Waals surface area contributed by atoms with Gasteiger partial charge in [0.25, 0.3) is 0 Å². The second-order valence-corrected chi connectivity index (χ2v) is 11.5. The van der Waals surface area contributed by atoms with Crippen molar-refractivity contribution >= 4 is 5.97 Å². The number of aryl methyl sites for hydroxylation is 3. The smallest absolute Gasteiger partial charge is 0.357 e. The average molecular weight is 599 g/mol. The zero-order chi connectivity index (χ0) is 32.0. The molecule has 46 heavy (non-hydrogen) atoms. The number of carbonyl (C=O) groups is 1. The minimum atomic E-state index is -0.616. The fourth-order valence-corrected chi connectivity index (χ4v) is 6.30. The minimum absolute atomic E-state index is 0.167. The number of hydrogen-bond acceptors (Lipinski definition) is 4. The molecule has 1 atom stereocenters. The Bertz CT molecular complexity index is 2060. The third-order valence-electron chi connectivity index (χ3n) is 8.54. The Kier molecular flexibility index (Phi) is 8.85. The van der Waals surface area contributed by atoms with Crippen LogP contribution in [-0.4, -0.2) is 17.6 Å². The molecule has 224 valence electrons. The number of benzene rings is 5. The monoisotopic (exact) mass is 598 g/mol. The van der Waals surface area contributed by atoms with Crippen LogP contribution in [-0.2, 0) is 4.74 Å². The highest BCUT2D eigenvalue weighted by Crippen LogP contribution is 2.48. The maximum atomic E-state index is 12.5. The number of nitrogens with zero attached hydrogens (tertiary/aromatic N) is 2. The van der Waals surface area contributed by atoms with Crippen molar-refractivity contribution in [3.63, 3.8) is 0 Å². The van der Waals surface area contributed by atoms with Crippen LogP contribution in [0.2, 0.25) is 0 Å². The molecule has 1 unspecified atom stereocenters. The molecule has 0 saturated heterocycles. The number of hydrogen-bond donors (Lipinski definition) is 0. The van der Waals surface area contributed by atoms with E-state index < -0.39 is 5.97 Å². The molecule has 1 heterocycles. The third kappa shape index (κ3) is 5.96. The molecule has 0 radical (unpaired) electrons. The number of aromatic nitrogens is 1. The quantitative estimate of drug-likeness (QED) is 0.164. The summed E-state index contributed by atoms with van der Waals surface area (Å²) in [5.74, 6) is -0.810. The summed E-state index contributed by atoms with van der Waals surface area (Å²) in [5.41, 5.74) is 14.0. The average Bonchev–Trinajstić information content (AvgIpc) is 3.09. The molecule has 0 N–H and O–H groups in total. The number of pyridine rings is 1. The first-order valence-electron chi connectivity index (χ1n) is 15.4. The van der Waals surface area contributed by atoms with E-state index in [1.807, 2.05) is 18.2 Å². The van der Waals surface area contributed by atoms with Crippen molar-refractivity contribution in [3.05, 3.63) is 173 Å². The summed E-state index contributed by atoms with van der Waals surface area (Å²) in [6.07, 6.45) is 1.75. The van der Waals surface area contributed by atoms with Crippen molar-refractivity contribution in [1.82, 2.24) is 4.98 Å². The summed E-state index contributed by atoms with van der Waals surface area (Å²) in [6.45, 7) is 6.19. The zero-order valence-electron chi connectivity index (χ0n) is 26.2. The molecule has 0 aliphatic heterocycles. The normalized spacial score (nSPS) is 11.4. The Labute approximate surface area is 270 Å². The highest BCUT2D eigenvalue weighted by Gasteiger charge is 2.27. The van der Waals surface area contributed by atoms with Crippen LogP contribution in [0.15, 0.2) is 134 Å². The van der Waals surface area contributed by atoms with Gasteiger partial charge in [0.1, 0.15) is 11.8 Å². The Morgan fingerprint density at radius 1 is 0.630 bits per heavy atom. The van der Waals surface area contributed by atoms with Gasteiger partial charge >= 0.3 is 5.97 Å². The molecule has 6 aromatic rings. The molecule has 5 aromatic carbocycles. The predicted octanol–water partition coefficient (Wildman–Crippen LogP) is 9.87. The van der Waals surface area contributed by atoms with Crippen LogP contribution in [0.5, 0.6) is 0 Å². The van der Waals surface area contributed by atoms with Gasteiger partial charge in [-0.3, -0.25) is 0 Å². The fourth-order valence-electron chi connectivity index (χ4n) is 6.30. The molecule has 1 aromatic heterocycles. The van der Waals surface area contributed by atoms with Crippen molar-refractivity contribution in [2.24, 2.45) is 0 Å². The minimum Gasteiger partial charge on any atom is -0.446 e. The summed E-state index contributed by atoms with van der Waals surface area (Å²) in [4.78, 5) is 17.0. The SMILES string of the molecule is Cc1ccccc1-c1ccc(C(c2ccccc2)c2ccc(C(=O)OCC#N)nc2)c(-c2ccccc2C)c1-c1ccccc1C. The zero-order valence-corrected chi connectivity index (χ0v) is 26.2. The van der Waals surface area contributed by atoms with Crippen LogP contribution in [0.1, 0.15) is 49.8 Å². The Morgan fingerprint density at radius 3 is 1.76 bits per heavy atom. The highest BCUT2D eigenvalue weighted by atomic mass is 16.5. The lowest BCUT2D eigenvalue weighted by Crippen LogP contribution is -2.11. The van der Waals surface area contributed by atoms with Crippen molar-refractivity contribution in [1.29, 1.82) is 5.26 Å². The van der Waals surface area contributed by atoms with Gasteiger partial charge in [-0.25, -0.2) is 9.78 Å². The van der Waals surface area contributed by atoms with E-state index in [0.717, 1.165) is 22.3 Å². The molecule has 6 rings (SSSR count). The van der Waals surface area contributed by atoms with E-state index in [1.54, 1.807) is 12.3 Å². The van der Waals surface area contributed by atoms with E-state index in [9.17, 15) is 4.79 Å². The Balaban J connectivity index is 1.70. The largest absolute Gasteiger partial charge is 0.446 e. The first-order chi connectivity index (χ1) is 22.5. The lowest BCUT2D eigenvalue weighted by Gasteiger charge is -2.28. The van der Waals surface area contributed by atoms with Gasteiger partial charge in [0.15, 0.2) is 6.61 Å². The molecule has 0 amide bonds. The molecule has 0 spiro atoms. The van der Waals surface area contributed by atoms with Crippen molar-refractivity contribution in [2.75, 3.05) is 6.61 Å².